The normalized spacial score (nSPS) is 44.2. The fourth-order valence-electron chi connectivity index (χ4n) is 9.60. The first-order chi connectivity index (χ1) is 18.4. The highest BCUT2D eigenvalue weighted by atomic mass is 16.6. The maximum atomic E-state index is 13.1. The standard InChI is InChI=1S/C28H37NO9/c30-20(14-36-27(33)28-11-15-7-16(12-28)9-17(8-15)13-28)37-23-18-10-19-22(26(32)38-24(19)23)21(18)25(31)35-6-3-29-1-4-34-5-2-29/h15-19,21-24H,1-14H2/p+1. The molecule has 6 bridgehead atoms. The van der Waals surface area contributed by atoms with Crippen LogP contribution in [0, 0.1) is 46.8 Å². The molecule has 0 aromatic carbocycles. The average molecular weight is 533 g/mol. The van der Waals surface area contributed by atoms with Crippen molar-refractivity contribution >= 4 is 23.9 Å². The summed E-state index contributed by atoms with van der Waals surface area (Å²) < 4.78 is 27.8. The highest BCUT2D eigenvalue weighted by molar-refractivity contribution is 5.86. The molecule has 6 saturated carbocycles. The Morgan fingerprint density at radius 2 is 1.61 bits per heavy atom. The quantitative estimate of drug-likeness (QED) is 0.338. The number of hydrogen-bond donors (Lipinski definition) is 1. The van der Waals surface area contributed by atoms with Crippen LogP contribution in [0.3, 0.4) is 0 Å². The molecule has 6 aliphatic carbocycles. The third-order valence-electron chi connectivity index (χ3n) is 10.8. The van der Waals surface area contributed by atoms with Crippen LogP contribution in [0.5, 0.6) is 0 Å². The van der Waals surface area contributed by atoms with E-state index in [-0.39, 0.29) is 24.4 Å². The van der Waals surface area contributed by atoms with Gasteiger partial charge in [0.05, 0.1) is 30.5 Å². The monoisotopic (exact) mass is 532 g/mol. The van der Waals surface area contributed by atoms with Crippen LogP contribution in [0.4, 0.5) is 0 Å². The van der Waals surface area contributed by atoms with Crippen LogP contribution in [0.15, 0.2) is 0 Å². The Balaban J connectivity index is 0.944. The highest BCUT2D eigenvalue weighted by Gasteiger charge is 2.70. The van der Waals surface area contributed by atoms with E-state index in [0.29, 0.717) is 43.9 Å². The molecule has 8 rings (SSSR count). The number of carbonyl (C=O) groups is 4. The zero-order chi connectivity index (χ0) is 26.0. The molecule has 10 heteroatoms. The van der Waals surface area contributed by atoms with Crippen molar-refractivity contribution in [3.63, 3.8) is 0 Å². The summed E-state index contributed by atoms with van der Waals surface area (Å²) in [5, 5.41) is 0. The van der Waals surface area contributed by atoms with Crippen molar-refractivity contribution in [1.82, 2.24) is 0 Å². The van der Waals surface area contributed by atoms with Gasteiger partial charge >= 0.3 is 23.9 Å². The molecule has 38 heavy (non-hydrogen) atoms. The van der Waals surface area contributed by atoms with E-state index >= 15 is 0 Å². The number of carbonyl (C=O) groups excluding carboxylic acids is 4. The topological polar surface area (TPSA) is 119 Å². The second kappa shape index (κ2) is 9.47. The van der Waals surface area contributed by atoms with Gasteiger partial charge in [-0.3, -0.25) is 14.4 Å². The van der Waals surface area contributed by atoms with Crippen LogP contribution in [0.1, 0.15) is 44.9 Å². The second-order valence-corrected chi connectivity index (χ2v) is 13.0. The fourth-order valence-corrected chi connectivity index (χ4v) is 9.60. The Kier molecular flexibility index (Phi) is 6.18. The fraction of sp³-hybridized carbons (Fsp3) is 0.857. The van der Waals surface area contributed by atoms with E-state index in [1.54, 1.807) is 0 Å². The molecular formula is C28H38NO9+. The summed E-state index contributed by atoms with van der Waals surface area (Å²) in [6.07, 6.45) is 5.60. The number of hydrogen-bond acceptors (Lipinski definition) is 9. The van der Waals surface area contributed by atoms with E-state index in [0.717, 1.165) is 32.4 Å². The minimum absolute atomic E-state index is 0.151. The first-order valence-electron chi connectivity index (χ1n) is 14.6. The predicted molar refractivity (Wildman–Crippen MR) is 127 cm³/mol. The van der Waals surface area contributed by atoms with E-state index in [4.69, 9.17) is 23.7 Å². The molecular weight excluding hydrogens is 494 g/mol. The van der Waals surface area contributed by atoms with E-state index in [1.165, 1.54) is 24.2 Å². The van der Waals surface area contributed by atoms with Gasteiger partial charge in [-0.1, -0.05) is 0 Å². The van der Waals surface area contributed by atoms with Gasteiger partial charge in [-0.2, -0.15) is 0 Å². The minimum Gasteiger partial charge on any atom is -0.459 e. The third-order valence-corrected chi connectivity index (χ3v) is 10.8. The smallest absolute Gasteiger partial charge is 0.344 e. The van der Waals surface area contributed by atoms with Gasteiger partial charge in [0.15, 0.2) is 6.61 Å². The largest absolute Gasteiger partial charge is 0.459 e. The molecule has 208 valence electrons. The molecule has 0 radical (unpaired) electrons. The summed E-state index contributed by atoms with van der Waals surface area (Å²) in [7, 11) is 0. The second-order valence-electron chi connectivity index (χ2n) is 13.0. The Hall–Kier alpha value is -2.20. The van der Waals surface area contributed by atoms with Crippen molar-refractivity contribution in [2.75, 3.05) is 46.1 Å². The zero-order valence-corrected chi connectivity index (χ0v) is 21.8. The minimum atomic E-state index is -0.712. The molecule has 0 spiro atoms. The Bertz CT molecular complexity index is 971. The molecule has 8 aliphatic rings. The lowest BCUT2D eigenvalue weighted by atomic mass is 9.49. The van der Waals surface area contributed by atoms with E-state index in [2.05, 4.69) is 0 Å². The van der Waals surface area contributed by atoms with E-state index in [1.807, 2.05) is 0 Å². The number of fused-ring (bicyclic) bond motifs is 1. The number of rotatable bonds is 8. The lowest BCUT2D eigenvalue weighted by Gasteiger charge is -2.55. The number of quaternary nitrogens is 1. The van der Waals surface area contributed by atoms with Gasteiger partial charge in [-0.05, 0) is 62.7 Å². The van der Waals surface area contributed by atoms with Gasteiger partial charge < -0.3 is 28.6 Å². The Morgan fingerprint density at radius 3 is 2.29 bits per heavy atom. The zero-order valence-electron chi connectivity index (χ0n) is 21.8. The van der Waals surface area contributed by atoms with Crippen molar-refractivity contribution in [1.29, 1.82) is 0 Å². The molecule has 1 N–H and O–H groups in total. The van der Waals surface area contributed by atoms with E-state index < -0.39 is 54.0 Å². The van der Waals surface area contributed by atoms with Gasteiger partial charge in [0, 0.05) is 11.8 Å². The number of morpholine rings is 1. The summed E-state index contributed by atoms with van der Waals surface area (Å²) in [5.41, 5.74) is -0.437. The van der Waals surface area contributed by atoms with Crippen molar-refractivity contribution in [2.45, 2.75) is 57.2 Å². The van der Waals surface area contributed by atoms with Gasteiger partial charge in [0.25, 0.3) is 0 Å². The first-order valence-corrected chi connectivity index (χ1v) is 14.6. The lowest BCUT2D eigenvalue weighted by molar-refractivity contribution is -0.908. The number of nitrogens with one attached hydrogen (secondary N) is 1. The van der Waals surface area contributed by atoms with Crippen LogP contribution < -0.4 is 4.90 Å². The highest BCUT2D eigenvalue weighted by Crippen LogP contribution is 2.61. The van der Waals surface area contributed by atoms with Crippen molar-refractivity contribution in [3.8, 4) is 0 Å². The van der Waals surface area contributed by atoms with Crippen molar-refractivity contribution in [3.05, 3.63) is 0 Å². The van der Waals surface area contributed by atoms with Crippen LogP contribution >= 0.6 is 0 Å². The molecule has 0 amide bonds. The molecule has 8 fully saturated rings. The molecule has 2 saturated heterocycles. The summed E-state index contributed by atoms with van der Waals surface area (Å²) in [6.45, 7) is 3.70. The molecule has 10 nitrogen and oxygen atoms in total. The summed E-state index contributed by atoms with van der Waals surface area (Å²) >= 11 is 0. The van der Waals surface area contributed by atoms with Gasteiger partial charge in [-0.25, -0.2) is 4.79 Å². The molecule has 2 aliphatic heterocycles. The molecule has 0 aromatic rings. The summed E-state index contributed by atoms with van der Waals surface area (Å²) in [4.78, 5) is 53.0. The maximum Gasteiger partial charge on any atom is 0.344 e. The SMILES string of the molecule is O=C(COC(=O)C12CC3CC(CC(C3)C1)C2)OC1C2CC3C1OC(=O)C3C2C(=O)OCC[NH+]1CCOCC1. The molecule has 6 atom stereocenters. The Morgan fingerprint density at radius 1 is 0.921 bits per heavy atom. The van der Waals surface area contributed by atoms with Gasteiger partial charge in [0.2, 0.25) is 0 Å². The van der Waals surface area contributed by atoms with Crippen LogP contribution in [-0.4, -0.2) is 82.1 Å². The van der Waals surface area contributed by atoms with Gasteiger partial charge in [0.1, 0.15) is 38.4 Å². The van der Waals surface area contributed by atoms with Crippen LogP contribution in [0.25, 0.3) is 0 Å². The first kappa shape index (κ1) is 24.8. The van der Waals surface area contributed by atoms with Crippen LogP contribution in [0.2, 0.25) is 0 Å². The number of ether oxygens (including phenoxy) is 5. The molecule has 6 unspecified atom stereocenters. The van der Waals surface area contributed by atoms with Crippen molar-refractivity contribution in [2.24, 2.45) is 46.8 Å². The van der Waals surface area contributed by atoms with Crippen LogP contribution in [-0.2, 0) is 42.9 Å². The van der Waals surface area contributed by atoms with Crippen molar-refractivity contribution < 1.29 is 47.8 Å². The molecule has 2 heterocycles. The summed E-state index contributed by atoms with van der Waals surface area (Å²) in [5.74, 6) is -1.60. The van der Waals surface area contributed by atoms with Gasteiger partial charge in [-0.15, -0.1) is 0 Å². The van der Waals surface area contributed by atoms with E-state index in [9.17, 15) is 19.2 Å². The maximum absolute atomic E-state index is 13.1. The third kappa shape index (κ3) is 4.13. The average Bonchev–Trinajstić information content (AvgIpc) is 3.51. The molecule has 0 aromatic heterocycles. The number of esters is 4. The lowest BCUT2D eigenvalue weighted by Crippen LogP contribution is -3.14. The Labute approximate surface area is 222 Å². The summed E-state index contributed by atoms with van der Waals surface area (Å²) in [6, 6.07) is 0. The predicted octanol–water partition coefficient (Wildman–Crippen LogP) is -0.0764.